The van der Waals surface area contributed by atoms with Gasteiger partial charge in [-0.25, -0.2) is 0 Å². The van der Waals surface area contributed by atoms with E-state index in [-0.39, 0.29) is 32.8 Å². The van der Waals surface area contributed by atoms with Crippen LogP contribution in [0.4, 0.5) is 0 Å². The topological polar surface area (TPSA) is 84.2 Å². The van der Waals surface area contributed by atoms with Crippen molar-refractivity contribution in [3.8, 4) is 6.07 Å². The van der Waals surface area contributed by atoms with Crippen LogP contribution in [0.5, 0.6) is 0 Å². The summed E-state index contributed by atoms with van der Waals surface area (Å²) in [6.45, 7) is 0. The van der Waals surface area contributed by atoms with Crippen molar-refractivity contribution in [3.05, 3.63) is 80.6 Å². The molecule has 5 rings (SSSR count). The van der Waals surface area contributed by atoms with Gasteiger partial charge >= 0.3 is 0 Å². The van der Waals surface area contributed by atoms with Gasteiger partial charge in [0.25, 0.3) is 0 Å². The molecule has 0 spiro atoms. The van der Waals surface area contributed by atoms with E-state index in [1.165, 1.54) is 0 Å². The number of hydrogen-bond acceptors (Lipinski definition) is 5. The van der Waals surface area contributed by atoms with E-state index in [0.717, 1.165) is 0 Å². The molecular formula is C21H9NO4. The lowest BCUT2D eigenvalue weighted by atomic mass is 10.0. The Morgan fingerprint density at radius 2 is 1.42 bits per heavy atom. The second kappa shape index (κ2) is 5.04. The molecule has 0 radical (unpaired) electrons. The first kappa shape index (κ1) is 14.4. The van der Waals surface area contributed by atoms with Crippen LogP contribution in [0, 0.1) is 11.3 Å². The number of hydrogen-bond donors (Lipinski definition) is 0. The highest BCUT2D eigenvalue weighted by Crippen LogP contribution is 2.29. The first-order chi connectivity index (χ1) is 12.7. The molecule has 122 valence electrons. The van der Waals surface area contributed by atoms with Gasteiger partial charge in [0.15, 0.2) is 33.2 Å². The van der Waals surface area contributed by atoms with Crippen LogP contribution in [-0.4, -0.2) is 0 Å². The van der Waals surface area contributed by atoms with Crippen LogP contribution in [0.3, 0.4) is 0 Å². The zero-order valence-corrected chi connectivity index (χ0v) is 13.3. The van der Waals surface area contributed by atoms with E-state index in [0.29, 0.717) is 27.5 Å². The molecule has 0 aliphatic carbocycles. The smallest absolute Gasteiger partial charge is 0.198 e. The summed E-state index contributed by atoms with van der Waals surface area (Å²) in [7, 11) is 0. The fourth-order valence-electron chi connectivity index (χ4n) is 3.33. The van der Waals surface area contributed by atoms with Gasteiger partial charge in [-0.1, -0.05) is 30.3 Å². The summed E-state index contributed by atoms with van der Waals surface area (Å²) in [5.74, 6) is 0. The Labute approximate surface area is 145 Å². The lowest BCUT2D eigenvalue weighted by Crippen LogP contribution is -2.13. The van der Waals surface area contributed by atoms with Crippen molar-refractivity contribution in [2.45, 2.75) is 0 Å². The molecule has 1 aromatic heterocycles. The van der Waals surface area contributed by atoms with Crippen molar-refractivity contribution >= 4 is 43.9 Å². The molecule has 4 aromatic carbocycles. The van der Waals surface area contributed by atoms with Crippen LogP contribution in [-0.2, 0) is 0 Å². The molecular weight excluding hydrogens is 330 g/mol. The minimum Gasteiger partial charge on any atom is -0.449 e. The summed E-state index contributed by atoms with van der Waals surface area (Å²) in [4.78, 5) is 25.8. The molecule has 0 N–H and O–H groups in total. The highest BCUT2D eigenvalue weighted by Gasteiger charge is 2.17. The van der Waals surface area contributed by atoms with E-state index in [9.17, 15) is 14.9 Å². The highest BCUT2D eigenvalue weighted by atomic mass is 16.4. The maximum atomic E-state index is 13.0. The van der Waals surface area contributed by atoms with Crippen LogP contribution in [0.2, 0.25) is 0 Å². The Morgan fingerprint density at radius 3 is 2.19 bits per heavy atom. The zero-order valence-electron chi connectivity index (χ0n) is 13.3. The van der Waals surface area contributed by atoms with E-state index in [1.54, 1.807) is 54.6 Å². The number of nitriles is 1. The standard InChI is InChI=1S/C21H9NO4/c22-10-11-4-3-7-15-20(11)26-21-16(25-15)9-8-14-17(21)19(24)13-6-2-1-5-12(13)18(14)23/h1-9H. The number of rotatable bonds is 0. The average molecular weight is 339 g/mol. The first-order valence-corrected chi connectivity index (χ1v) is 7.93. The molecule has 0 fully saturated rings. The quantitative estimate of drug-likeness (QED) is 0.313. The summed E-state index contributed by atoms with van der Waals surface area (Å²) < 4.78 is 11.7. The maximum Gasteiger partial charge on any atom is 0.198 e. The third-order valence-corrected chi connectivity index (χ3v) is 4.53. The van der Waals surface area contributed by atoms with Gasteiger partial charge in [0.05, 0.1) is 10.9 Å². The number of fused-ring (bicyclic) bond motifs is 5. The maximum absolute atomic E-state index is 13.0. The zero-order chi connectivity index (χ0) is 17.8. The van der Waals surface area contributed by atoms with Gasteiger partial charge in [-0.2, -0.15) is 5.26 Å². The largest absolute Gasteiger partial charge is 0.449 e. The molecule has 1 heterocycles. The minimum absolute atomic E-state index is 0.171. The van der Waals surface area contributed by atoms with E-state index in [2.05, 4.69) is 0 Å². The SMILES string of the molecule is N#Cc1cccc2oc3ccc4c(=O)c5ccccc5c(=O)c4c3oc12. The fraction of sp³-hybridized carbons (Fsp3) is 0. The molecule has 0 saturated carbocycles. The average Bonchev–Trinajstić information content (AvgIpc) is 2.69. The van der Waals surface area contributed by atoms with E-state index in [4.69, 9.17) is 8.83 Å². The number of para-hydroxylation sites is 1. The van der Waals surface area contributed by atoms with E-state index < -0.39 is 0 Å². The van der Waals surface area contributed by atoms with Gasteiger partial charge < -0.3 is 8.83 Å². The van der Waals surface area contributed by atoms with Gasteiger partial charge in [-0.05, 0) is 24.3 Å². The molecule has 0 amide bonds. The fourth-order valence-corrected chi connectivity index (χ4v) is 3.33. The third kappa shape index (κ3) is 1.78. The van der Waals surface area contributed by atoms with Gasteiger partial charge in [0.1, 0.15) is 6.07 Å². The predicted octanol–water partition coefficient (Wildman–Crippen LogP) is 4.08. The molecule has 26 heavy (non-hydrogen) atoms. The third-order valence-electron chi connectivity index (χ3n) is 4.53. The van der Waals surface area contributed by atoms with Crippen molar-refractivity contribution in [1.82, 2.24) is 0 Å². The lowest BCUT2D eigenvalue weighted by molar-refractivity contribution is 0.583. The molecule has 0 bridgehead atoms. The van der Waals surface area contributed by atoms with E-state index >= 15 is 0 Å². The molecule has 0 aliphatic rings. The van der Waals surface area contributed by atoms with Crippen molar-refractivity contribution < 1.29 is 8.83 Å². The van der Waals surface area contributed by atoms with Gasteiger partial charge in [-0.15, -0.1) is 0 Å². The van der Waals surface area contributed by atoms with Crippen LogP contribution in [0.25, 0.3) is 43.9 Å². The number of benzene rings is 4. The lowest BCUT2D eigenvalue weighted by Gasteiger charge is -2.06. The Bertz CT molecular complexity index is 1530. The molecule has 5 nitrogen and oxygen atoms in total. The van der Waals surface area contributed by atoms with Gasteiger partial charge in [0.2, 0.25) is 0 Å². The molecule has 5 heteroatoms. The van der Waals surface area contributed by atoms with Crippen molar-refractivity contribution in [3.63, 3.8) is 0 Å². The Balaban J connectivity index is 2.12. The summed E-state index contributed by atoms with van der Waals surface area (Å²) in [5, 5.41) is 10.5. The van der Waals surface area contributed by atoms with Crippen LogP contribution < -0.4 is 10.9 Å². The Kier molecular flexibility index (Phi) is 2.80. The Morgan fingerprint density at radius 1 is 0.692 bits per heavy atom. The van der Waals surface area contributed by atoms with E-state index in [1.807, 2.05) is 6.07 Å². The summed E-state index contributed by atoms with van der Waals surface area (Å²) in [5.41, 5.74) is 0.911. The van der Waals surface area contributed by atoms with Crippen LogP contribution >= 0.6 is 0 Å². The summed E-state index contributed by atoms with van der Waals surface area (Å²) in [6.07, 6.45) is 0. The molecule has 0 saturated heterocycles. The summed E-state index contributed by atoms with van der Waals surface area (Å²) in [6, 6.07) is 16.9. The van der Waals surface area contributed by atoms with Gasteiger partial charge in [0, 0.05) is 16.2 Å². The minimum atomic E-state index is -0.298. The van der Waals surface area contributed by atoms with Gasteiger partial charge in [-0.3, -0.25) is 9.59 Å². The molecule has 5 aromatic rings. The number of nitrogens with zero attached hydrogens (tertiary/aromatic N) is 1. The predicted molar refractivity (Wildman–Crippen MR) is 98.3 cm³/mol. The molecule has 0 aliphatic heterocycles. The molecule has 0 unspecified atom stereocenters. The monoisotopic (exact) mass is 339 g/mol. The second-order valence-electron chi connectivity index (χ2n) is 5.97. The molecule has 0 atom stereocenters. The second-order valence-corrected chi connectivity index (χ2v) is 5.97. The van der Waals surface area contributed by atoms with Crippen molar-refractivity contribution in [2.24, 2.45) is 0 Å². The summed E-state index contributed by atoms with van der Waals surface area (Å²) >= 11 is 0. The van der Waals surface area contributed by atoms with Crippen LogP contribution in [0.1, 0.15) is 5.56 Å². The normalized spacial score (nSPS) is 11.3. The first-order valence-electron chi connectivity index (χ1n) is 7.93. The van der Waals surface area contributed by atoms with Crippen molar-refractivity contribution in [1.29, 1.82) is 5.26 Å². The highest BCUT2D eigenvalue weighted by molar-refractivity contribution is 6.08. The van der Waals surface area contributed by atoms with Crippen LogP contribution in [0.15, 0.2) is 73.0 Å². The van der Waals surface area contributed by atoms with Crippen molar-refractivity contribution in [2.75, 3.05) is 0 Å². The Hall–Kier alpha value is -3.91.